The lowest BCUT2D eigenvalue weighted by molar-refractivity contribution is -0.172. The molecule has 14 N–H and O–H groups in total. The molecule has 0 aliphatic carbocycles. The van der Waals surface area contributed by atoms with Gasteiger partial charge in [0.15, 0.2) is 11.6 Å². The first kappa shape index (κ1) is 66.0. The molecule has 29 heteroatoms. The number of benzene rings is 3. The third kappa shape index (κ3) is 17.8. The number of carboxylic acid groups (broad SMARTS) is 3. The molecule has 3 aromatic carbocycles. The van der Waals surface area contributed by atoms with E-state index in [2.05, 4.69) is 31.6 Å². The highest BCUT2D eigenvalue weighted by Gasteiger charge is 2.45. The lowest BCUT2D eigenvalue weighted by atomic mass is 9.86. The van der Waals surface area contributed by atoms with E-state index < -0.39 is 132 Å². The second kappa shape index (κ2) is 30.2. The summed E-state index contributed by atoms with van der Waals surface area (Å²) in [6, 6.07) is 17.2. The van der Waals surface area contributed by atoms with Gasteiger partial charge in [0.2, 0.25) is 35.4 Å². The molecule has 2 aliphatic heterocycles. The fourth-order valence-electron chi connectivity index (χ4n) is 10.0. The highest BCUT2D eigenvalue weighted by molar-refractivity contribution is 5.97. The normalized spacial score (nSPS) is 15.3. The number of pyridine rings is 2. The number of hydrogen-bond donors (Lipinski definition) is 12. The number of esters is 2. The molecule has 4 heterocycles. The van der Waals surface area contributed by atoms with E-state index in [0.29, 0.717) is 39.0 Å². The van der Waals surface area contributed by atoms with Crippen LogP contribution >= 0.6 is 0 Å². The van der Waals surface area contributed by atoms with Gasteiger partial charge in [0.25, 0.3) is 5.56 Å². The molecule has 0 bridgehead atoms. The van der Waals surface area contributed by atoms with Gasteiger partial charge in [0.05, 0.1) is 42.0 Å². The van der Waals surface area contributed by atoms with Gasteiger partial charge in [-0.1, -0.05) is 67.6 Å². The van der Waals surface area contributed by atoms with Crippen molar-refractivity contribution in [3.8, 4) is 17.1 Å². The topological polar surface area (TPSA) is 459 Å². The first-order valence-electron chi connectivity index (χ1n) is 28.3. The highest BCUT2D eigenvalue weighted by atomic mass is 16.6. The molecule has 470 valence electrons. The highest BCUT2D eigenvalue weighted by Crippen LogP contribution is 2.39. The number of aromatic nitrogens is 2. The van der Waals surface area contributed by atoms with Crippen molar-refractivity contribution in [2.75, 3.05) is 13.1 Å². The molecule has 0 spiro atoms. The Labute approximate surface area is 507 Å². The summed E-state index contributed by atoms with van der Waals surface area (Å²) >= 11 is 0. The van der Waals surface area contributed by atoms with Crippen LogP contribution in [0, 0.1) is 0 Å². The van der Waals surface area contributed by atoms with Crippen molar-refractivity contribution in [1.82, 2.24) is 41.5 Å². The van der Waals surface area contributed by atoms with Gasteiger partial charge >= 0.3 is 29.8 Å². The number of guanidine groups is 1. The number of amides is 6. The van der Waals surface area contributed by atoms with E-state index in [-0.39, 0.29) is 93.9 Å². The molecule has 6 atom stereocenters. The Morgan fingerprint density at radius 2 is 1.30 bits per heavy atom. The SMILES string of the molecule is CC[C@@]1(O)C(=O)OCc2c1cc1n(c2=O)Cc2cc3cc(OC(=O)CCCC(=O)N[C@@H](Cc4ccccc4)C(=O)N[C@@H](Cc4ccccc4)C(=O)N[C@@H](CCC(=O)O)C(=O)N[C@@H](CCCN=C(N)N)C(=O)NCC(=O)N[C@@H](CC(=O)O)C(=O)O)ccc3nc2-1. The number of aliphatic carboxylic acids is 3. The molecule has 0 fully saturated rings. The number of carbonyl (C=O) groups excluding carboxylic acids is 8. The molecule has 89 heavy (non-hydrogen) atoms. The summed E-state index contributed by atoms with van der Waals surface area (Å²) in [6.45, 7) is 0.561. The van der Waals surface area contributed by atoms with Crippen molar-refractivity contribution in [2.24, 2.45) is 16.5 Å². The van der Waals surface area contributed by atoms with Crippen LogP contribution < -0.4 is 53.7 Å². The number of carbonyl (C=O) groups is 11. The van der Waals surface area contributed by atoms with Gasteiger partial charge < -0.3 is 77.8 Å². The van der Waals surface area contributed by atoms with Crippen molar-refractivity contribution < 1.29 is 82.6 Å². The zero-order valence-electron chi connectivity index (χ0n) is 48.2. The average molecular weight is 1230 g/mol. The molecule has 6 amide bonds. The van der Waals surface area contributed by atoms with Gasteiger partial charge in [-0.05, 0) is 73.6 Å². The first-order chi connectivity index (χ1) is 42.4. The lowest BCUT2D eigenvalue weighted by Gasteiger charge is -2.31. The second-order valence-corrected chi connectivity index (χ2v) is 21.1. The Morgan fingerprint density at radius 3 is 1.91 bits per heavy atom. The first-order valence-corrected chi connectivity index (χ1v) is 28.3. The Morgan fingerprint density at radius 1 is 0.697 bits per heavy atom. The van der Waals surface area contributed by atoms with Gasteiger partial charge in [0.1, 0.15) is 42.6 Å². The average Bonchev–Trinajstić information content (AvgIpc) is 1.67. The van der Waals surface area contributed by atoms with Gasteiger partial charge in [-0.2, -0.15) is 0 Å². The van der Waals surface area contributed by atoms with Crippen LogP contribution in [-0.2, 0) is 89.1 Å². The number of nitrogens with one attached hydrogen (secondary N) is 6. The van der Waals surface area contributed by atoms with Gasteiger partial charge in [-0.3, -0.25) is 52.9 Å². The standard InChI is InChI=1S/C60H67N11O18/c1-2-60(87)38-27-45-51-35(30-71(45)56(83)37(38)31-88-58(60)86)25-34-26-36(18-19-39(34)67-51)89-50(78)17-9-16-46(72)65-42(23-32-11-5-3-6-12-32)54(81)70-43(24-33-13-7-4-8-14-33)55(82)69-41(20-21-48(74)75)53(80)68-40(15-10-22-63-59(61)62)52(79)64-29-47(73)66-44(57(84)85)28-49(76)77/h3-8,11-14,18-19,25-27,40-44,87H,2,9-10,15-17,20-24,28-31H2,1H3,(H,64,79)(H,65,72)(H,66,73)(H,68,80)(H,69,82)(H,70,81)(H,74,75)(H,76,77)(H,84,85)(H4,61,62,63)/t40-,41-,42-,43-,44-,60-/m0/s1. The number of nitrogens with zero attached hydrogens (tertiary/aromatic N) is 3. The largest absolute Gasteiger partial charge is 0.481 e. The molecule has 0 saturated heterocycles. The summed E-state index contributed by atoms with van der Waals surface area (Å²) in [4.78, 5) is 165. The molecular formula is C60H67N11O18. The number of fused-ring (bicyclic) bond motifs is 5. The number of ether oxygens (including phenoxy) is 2. The number of hydrogen-bond acceptors (Lipinski definition) is 17. The Balaban J connectivity index is 1.01. The van der Waals surface area contributed by atoms with Crippen molar-refractivity contribution in [1.29, 1.82) is 0 Å². The predicted molar refractivity (Wildman–Crippen MR) is 314 cm³/mol. The molecule has 7 rings (SSSR count). The third-order valence-corrected chi connectivity index (χ3v) is 14.6. The fourth-order valence-corrected chi connectivity index (χ4v) is 10.0. The number of carboxylic acids is 3. The van der Waals surface area contributed by atoms with E-state index in [1.54, 1.807) is 91.9 Å². The van der Waals surface area contributed by atoms with Crippen LogP contribution in [0.1, 0.15) is 92.5 Å². The van der Waals surface area contributed by atoms with Gasteiger partial charge in [0, 0.05) is 55.2 Å². The second-order valence-electron chi connectivity index (χ2n) is 21.1. The lowest BCUT2D eigenvalue weighted by Crippen LogP contribution is -2.59. The molecule has 0 unspecified atom stereocenters. The number of aliphatic imine (C=N–C) groups is 1. The summed E-state index contributed by atoms with van der Waals surface area (Å²) in [6.07, 6.45) is -3.15. The van der Waals surface area contributed by atoms with Crippen molar-refractivity contribution >= 4 is 82.2 Å². The Hall–Kier alpha value is -10.6. The summed E-state index contributed by atoms with van der Waals surface area (Å²) < 4.78 is 12.3. The molecule has 29 nitrogen and oxygen atoms in total. The van der Waals surface area contributed by atoms with E-state index in [1.807, 2.05) is 5.32 Å². The number of cyclic esters (lactones) is 1. The van der Waals surface area contributed by atoms with Gasteiger partial charge in [-0.25, -0.2) is 14.6 Å². The number of aliphatic hydroxyl groups is 1. The molecule has 0 saturated carbocycles. The minimum Gasteiger partial charge on any atom is -0.481 e. The molecule has 0 radical (unpaired) electrons. The molecular weight excluding hydrogens is 1160 g/mol. The summed E-state index contributed by atoms with van der Waals surface area (Å²) in [5.74, 6) is -11.8. The maximum Gasteiger partial charge on any atom is 0.343 e. The summed E-state index contributed by atoms with van der Waals surface area (Å²) in [5.41, 5.74) is 12.0. The van der Waals surface area contributed by atoms with E-state index in [0.717, 1.165) is 0 Å². The Bertz CT molecular complexity index is 3630. The molecule has 5 aromatic rings. The van der Waals surface area contributed by atoms with Crippen molar-refractivity contribution in [3.63, 3.8) is 0 Å². The monoisotopic (exact) mass is 1230 g/mol. The maximum absolute atomic E-state index is 14.4. The van der Waals surface area contributed by atoms with E-state index in [9.17, 15) is 72.9 Å². The van der Waals surface area contributed by atoms with Crippen LogP contribution in [0.15, 0.2) is 101 Å². The minimum atomic E-state index is -1.99. The van der Waals surface area contributed by atoms with E-state index in [1.165, 1.54) is 10.6 Å². The van der Waals surface area contributed by atoms with Gasteiger partial charge in [-0.15, -0.1) is 0 Å². The minimum absolute atomic E-state index is 0.0128. The Kier molecular flexibility index (Phi) is 22.4. The number of rotatable bonds is 31. The third-order valence-electron chi connectivity index (χ3n) is 14.6. The quantitative estimate of drug-likeness (QED) is 0.00871. The maximum atomic E-state index is 14.4. The number of nitrogens with two attached hydrogens (primary N) is 2. The fraction of sp³-hybridized carbons (Fsp3) is 0.367. The van der Waals surface area contributed by atoms with Crippen LogP contribution in [-0.4, -0.2) is 145 Å². The zero-order valence-corrected chi connectivity index (χ0v) is 48.2. The van der Waals surface area contributed by atoms with Crippen LogP contribution in [0.3, 0.4) is 0 Å². The van der Waals surface area contributed by atoms with Crippen LogP contribution in [0.4, 0.5) is 0 Å². The van der Waals surface area contributed by atoms with Crippen molar-refractivity contribution in [2.45, 2.75) is 127 Å². The molecule has 2 aliphatic rings. The summed E-state index contributed by atoms with van der Waals surface area (Å²) in [7, 11) is 0. The summed E-state index contributed by atoms with van der Waals surface area (Å²) in [5, 5.41) is 54.3. The van der Waals surface area contributed by atoms with Crippen LogP contribution in [0.5, 0.6) is 5.75 Å². The predicted octanol–water partition coefficient (Wildman–Crippen LogP) is -0.341. The van der Waals surface area contributed by atoms with E-state index in [4.69, 9.17) is 31.0 Å². The smallest absolute Gasteiger partial charge is 0.343 e. The van der Waals surface area contributed by atoms with E-state index >= 15 is 0 Å². The zero-order chi connectivity index (χ0) is 64.5. The van der Waals surface area contributed by atoms with Crippen LogP contribution in [0.2, 0.25) is 0 Å². The van der Waals surface area contributed by atoms with Crippen molar-refractivity contribution in [3.05, 3.63) is 129 Å². The van der Waals surface area contributed by atoms with Crippen LogP contribution in [0.25, 0.3) is 22.3 Å². The molecule has 2 aromatic heterocycles.